The molecule has 0 aliphatic heterocycles. The van der Waals surface area contributed by atoms with Crippen molar-refractivity contribution >= 4 is 10.0 Å². The molecule has 6 nitrogen and oxygen atoms in total. The Hall–Kier alpha value is -0.920. The van der Waals surface area contributed by atoms with Crippen molar-refractivity contribution in [3.63, 3.8) is 0 Å². The Labute approximate surface area is 76.0 Å². The van der Waals surface area contributed by atoms with Crippen molar-refractivity contribution in [3.05, 3.63) is 12.3 Å². The number of nitrogens with two attached hydrogens (primary N) is 1. The Balaban J connectivity index is 3.00. The summed E-state index contributed by atoms with van der Waals surface area (Å²) in [4.78, 5) is 0. The molecule has 1 unspecified atom stereocenters. The third-order valence-corrected chi connectivity index (χ3v) is 2.39. The van der Waals surface area contributed by atoms with Gasteiger partial charge in [0.2, 0.25) is 0 Å². The average Bonchev–Trinajstić information content (AvgIpc) is 2.50. The predicted octanol–water partition coefficient (Wildman–Crippen LogP) is -0.916. The highest BCUT2D eigenvalue weighted by Crippen LogP contribution is 2.07. The molecule has 3 N–H and O–H groups in total. The summed E-state index contributed by atoms with van der Waals surface area (Å²) in [5, 5.41) is 17.1. The smallest absolute Gasteiger partial charge is 0.257 e. The van der Waals surface area contributed by atoms with E-state index in [1.165, 1.54) is 16.9 Å². The highest BCUT2D eigenvalue weighted by molar-refractivity contribution is 7.89. The molecule has 1 heterocycles. The van der Waals surface area contributed by atoms with Gasteiger partial charge in [0.25, 0.3) is 10.0 Å². The first kappa shape index (κ1) is 10.2. The van der Waals surface area contributed by atoms with Gasteiger partial charge in [-0.1, -0.05) is 0 Å². The lowest BCUT2D eigenvalue weighted by atomic mass is 10.4. The van der Waals surface area contributed by atoms with E-state index in [-0.39, 0.29) is 17.7 Å². The van der Waals surface area contributed by atoms with Gasteiger partial charge >= 0.3 is 0 Å². The lowest BCUT2D eigenvalue weighted by Gasteiger charge is -2.06. The van der Waals surface area contributed by atoms with Gasteiger partial charge in [0, 0.05) is 6.20 Å². The first-order valence-corrected chi connectivity index (χ1v) is 5.18. The molecule has 0 aliphatic rings. The van der Waals surface area contributed by atoms with E-state index in [0.717, 1.165) is 0 Å². The maximum absolute atomic E-state index is 10.8. The monoisotopic (exact) mass is 205 g/mol. The minimum atomic E-state index is -3.74. The van der Waals surface area contributed by atoms with E-state index in [0.29, 0.717) is 0 Å². The van der Waals surface area contributed by atoms with Crippen molar-refractivity contribution in [2.45, 2.75) is 18.0 Å². The second kappa shape index (κ2) is 3.44. The molecule has 1 aromatic heterocycles. The van der Waals surface area contributed by atoms with Gasteiger partial charge < -0.3 is 5.11 Å². The van der Waals surface area contributed by atoms with Crippen LogP contribution in [0.3, 0.4) is 0 Å². The quantitative estimate of drug-likeness (QED) is 0.667. The zero-order valence-corrected chi connectivity index (χ0v) is 7.90. The summed E-state index contributed by atoms with van der Waals surface area (Å²) in [6, 6.07) is 1.04. The second-order valence-electron chi connectivity index (χ2n) is 2.71. The molecule has 1 rings (SSSR count). The van der Waals surface area contributed by atoms with Crippen LogP contribution >= 0.6 is 0 Å². The van der Waals surface area contributed by atoms with Gasteiger partial charge in [-0.2, -0.15) is 5.10 Å². The van der Waals surface area contributed by atoms with Gasteiger partial charge in [-0.3, -0.25) is 4.68 Å². The fraction of sp³-hybridized carbons (Fsp3) is 0.500. The minimum Gasteiger partial charge on any atom is -0.394 e. The van der Waals surface area contributed by atoms with Crippen LogP contribution in [-0.4, -0.2) is 29.9 Å². The average molecular weight is 205 g/mol. The zero-order valence-electron chi connectivity index (χ0n) is 7.08. The summed E-state index contributed by atoms with van der Waals surface area (Å²) in [6.45, 7) is 1.60. The molecule has 0 bridgehead atoms. The number of hydrogen-bond acceptors (Lipinski definition) is 4. The zero-order chi connectivity index (χ0) is 10.1. The highest BCUT2D eigenvalue weighted by Gasteiger charge is 2.13. The summed E-state index contributed by atoms with van der Waals surface area (Å²) < 4.78 is 22.9. The number of hydrogen-bond donors (Lipinski definition) is 2. The van der Waals surface area contributed by atoms with E-state index in [1.807, 2.05) is 0 Å². The van der Waals surface area contributed by atoms with Crippen LogP contribution in [0.5, 0.6) is 0 Å². The van der Waals surface area contributed by atoms with Crippen molar-refractivity contribution in [1.82, 2.24) is 9.78 Å². The summed E-state index contributed by atoms with van der Waals surface area (Å²) >= 11 is 0. The fourth-order valence-corrected chi connectivity index (χ4v) is 1.26. The Morgan fingerprint density at radius 1 is 1.77 bits per heavy atom. The molecule has 0 fully saturated rings. The second-order valence-corrected chi connectivity index (χ2v) is 4.22. The number of aliphatic hydroxyl groups excluding tert-OH is 1. The van der Waals surface area contributed by atoms with Crippen LogP contribution in [0.25, 0.3) is 0 Å². The molecule has 0 saturated heterocycles. The topological polar surface area (TPSA) is 98.2 Å². The Bertz CT molecular complexity index is 384. The van der Waals surface area contributed by atoms with E-state index in [9.17, 15) is 8.42 Å². The molecule has 7 heteroatoms. The summed E-state index contributed by atoms with van der Waals surface area (Å²) in [6.07, 6.45) is 1.46. The Morgan fingerprint density at radius 2 is 2.38 bits per heavy atom. The van der Waals surface area contributed by atoms with Crippen molar-refractivity contribution < 1.29 is 13.5 Å². The first-order chi connectivity index (χ1) is 5.95. The van der Waals surface area contributed by atoms with E-state index < -0.39 is 10.0 Å². The van der Waals surface area contributed by atoms with Crippen molar-refractivity contribution in [2.75, 3.05) is 6.61 Å². The summed E-state index contributed by atoms with van der Waals surface area (Å²) in [5.41, 5.74) is 0. The number of sulfonamides is 1. The standard InChI is InChI=1S/C6H11N3O3S/c1-5(4-10)9-3-2-6(8-9)13(7,11)12/h2-3,5,10H,4H2,1H3,(H2,7,11,12). The van der Waals surface area contributed by atoms with Gasteiger partial charge in [0.15, 0.2) is 5.03 Å². The molecule has 0 spiro atoms. The highest BCUT2D eigenvalue weighted by atomic mass is 32.2. The molecule has 0 radical (unpaired) electrons. The molecule has 1 aromatic rings. The lowest BCUT2D eigenvalue weighted by Crippen LogP contribution is -2.15. The largest absolute Gasteiger partial charge is 0.394 e. The van der Waals surface area contributed by atoms with Crippen LogP contribution in [0, 0.1) is 0 Å². The minimum absolute atomic E-state index is 0.105. The van der Waals surface area contributed by atoms with Crippen LogP contribution in [-0.2, 0) is 10.0 Å². The SMILES string of the molecule is CC(CO)n1ccc(S(N)(=O)=O)n1. The van der Waals surface area contributed by atoms with E-state index in [1.54, 1.807) is 6.92 Å². The molecule has 0 amide bonds. The molecule has 0 saturated carbocycles. The molecule has 74 valence electrons. The number of primary sulfonamides is 1. The van der Waals surface area contributed by atoms with Crippen LogP contribution in [0.15, 0.2) is 17.3 Å². The molecule has 13 heavy (non-hydrogen) atoms. The molecular weight excluding hydrogens is 194 g/mol. The third kappa shape index (κ3) is 2.27. The van der Waals surface area contributed by atoms with E-state index >= 15 is 0 Å². The third-order valence-electron chi connectivity index (χ3n) is 1.59. The number of rotatable bonds is 3. The molecule has 0 aliphatic carbocycles. The van der Waals surface area contributed by atoms with E-state index in [4.69, 9.17) is 10.2 Å². The Kier molecular flexibility index (Phi) is 2.69. The van der Waals surface area contributed by atoms with Gasteiger partial charge in [-0.05, 0) is 13.0 Å². The normalized spacial score (nSPS) is 14.4. The van der Waals surface area contributed by atoms with Gasteiger partial charge in [-0.15, -0.1) is 0 Å². The van der Waals surface area contributed by atoms with Gasteiger partial charge in [0.05, 0.1) is 12.6 Å². The molecular formula is C6H11N3O3S. The summed E-state index contributed by atoms with van der Waals surface area (Å²) in [7, 11) is -3.74. The number of aliphatic hydroxyl groups is 1. The van der Waals surface area contributed by atoms with Gasteiger partial charge in [-0.25, -0.2) is 13.6 Å². The molecule has 0 aromatic carbocycles. The van der Waals surface area contributed by atoms with E-state index in [2.05, 4.69) is 5.10 Å². The number of nitrogens with zero attached hydrogens (tertiary/aromatic N) is 2. The predicted molar refractivity (Wildman–Crippen MR) is 45.4 cm³/mol. The first-order valence-electron chi connectivity index (χ1n) is 3.64. The fourth-order valence-electron chi connectivity index (χ4n) is 0.801. The van der Waals surface area contributed by atoms with Crippen LogP contribution in [0.4, 0.5) is 0 Å². The van der Waals surface area contributed by atoms with Gasteiger partial charge in [0.1, 0.15) is 0 Å². The van der Waals surface area contributed by atoms with Crippen LogP contribution < -0.4 is 5.14 Å². The maximum Gasteiger partial charge on any atom is 0.257 e. The Morgan fingerprint density at radius 3 is 2.77 bits per heavy atom. The van der Waals surface area contributed by atoms with Crippen molar-refractivity contribution in [2.24, 2.45) is 5.14 Å². The maximum atomic E-state index is 10.8. The van der Waals surface area contributed by atoms with Crippen molar-refractivity contribution in [3.8, 4) is 0 Å². The van der Waals surface area contributed by atoms with Crippen molar-refractivity contribution in [1.29, 1.82) is 0 Å². The number of aromatic nitrogens is 2. The van der Waals surface area contributed by atoms with Crippen LogP contribution in [0.1, 0.15) is 13.0 Å². The lowest BCUT2D eigenvalue weighted by molar-refractivity contribution is 0.228. The summed E-state index contributed by atoms with van der Waals surface area (Å²) in [5.74, 6) is 0. The van der Waals surface area contributed by atoms with Crippen LogP contribution in [0.2, 0.25) is 0 Å². The molecule has 1 atom stereocenters.